The maximum Gasteiger partial charge on any atom is 0.189 e. The normalized spacial score (nSPS) is 11.5. The largest absolute Gasteiger partial charge is 0.443 e. The minimum atomic E-state index is 0.767. The van der Waals surface area contributed by atoms with Gasteiger partial charge >= 0.3 is 0 Å². The van der Waals surface area contributed by atoms with Crippen LogP contribution in [0.2, 0.25) is 0 Å². The summed E-state index contributed by atoms with van der Waals surface area (Å²) in [5.41, 5.74) is 1.24. The Bertz CT molecular complexity index is 287. The number of aliphatic imine (C=N–C) groups is 1. The number of rotatable bonds is 2. The highest BCUT2D eigenvalue weighted by molar-refractivity contribution is 5.78. The lowest BCUT2D eigenvalue weighted by molar-refractivity contribution is 0.534. The Kier molecular flexibility index (Phi) is 3.50. The molecule has 1 aromatic carbocycles. The maximum atomic E-state index is 5.52. The van der Waals surface area contributed by atoms with Gasteiger partial charge in [0.25, 0.3) is 0 Å². The van der Waals surface area contributed by atoms with Crippen LogP contribution in [0.1, 0.15) is 18.9 Å². The van der Waals surface area contributed by atoms with Crippen LogP contribution >= 0.6 is 0 Å². The van der Waals surface area contributed by atoms with Crippen molar-refractivity contribution in [1.29, 1.82) is 0 Å². The fourth-order valence-electron chi connectivity index (χ4n) is 1.02. The average Bonchev–Trinajstić information content (AvgIpc) is 2.17. The van der Waals surface area contributed by atoms with Gasteiger partial charge in [0.15, 0.2) is 5.90 Å². The van der Waals surface area contributed by atoms with Gasteiger partial charge in [-0.05, 0) is 19.1 Å². The third-order valence-corrected chi connectivity index (χ3v) is 1.81. The minimum absolute atomic E-state index is 0.767. The molecule has 0 aliphatic rings. The van der Waals surface area contributed by atoms with Crippen LogP contribution in [-0.2, 0) is 0 Å². The summed E-state index contributed by atoms with van der Waals surface area (Å²) in [6.07, 6.45) is 0.824. The number of aryl methyl sites for hydroxylation is 1. The second-order valence-corrected chi connectivity index (χ2v) is 2.89. The molecular weight excluding hydrogens is 162 g/mol. The van der Waals surface area contributed by atoms with Crippen LogP contribution in [0.15, 0.2) is 29.3 Å². The van der Waals surface area contributed by atoms with Crippen LogP contribution in [0.4, 0.5) is 0 Å². The fraction of sp³-hybridized carbons (Fsp3) is 0.364. The lowest BCUT2D eigenvalue weighted by atomic mass is 10.2. The van der Waals surface area contributed by atoms with Gasteiger partial charge in [-0.1, -0.05) is 24.6 Å². The molecule has 0 unspecified atom stereocenters. The summed E-state index contributed by atoms with van der Waals surface area (Å²) in [6, 6.07) is 7.96. The molecular formula is C11H15NO. The molecule has 2 nitrogen and oxygen atoms in total. The van der Waals surface area contributed by atoms with Crippen LogP contribution in [0.25, 0.3) is 0 Å². The summed E-state index contributed by atoms with van der Waals surface area (Å²) in [5.74, 6) is 1.62. The molecule has 0 aromatic heterocycles. The summed E-state index contributed by atoms with van der Waals surface area (Å²) in [7, 11) is 1.74. The summed E-state index contributed by atoms with van der Waals surface area (Å²) in [4.78, 5) is 4.02. The van der Waals surface area contributed by atoms with Crippen molar-refractivity contribution < 1.29 is 4.74 Å². The van der Waals surface area contributed by atoms with Crippen LogP contribution in [-0.4, -0.2) is 12.9 Å². The van der Waals surface area contributed by atoms with E-state index in [-0.39, 0.29) is 0 Å². The van der Waals surface area contributed by atoms with Crippen molar-refractivity contribution in [2.45, 2.75) is 20.3 Å². The van der Waals surface area contributed by atoms with E-state index < -0.39 is 0 Å². The Labute approximate surface area is 79.3 Å². The van der Waals surface area contributed by atoms with E-state index in [4.69, 9.17) is 4.74 Å². The molecule has 0 bridgehead atoms. The standard InChI is InChI=1S/C11H15NO/c1-4-11(12-3)13-10-7-5-9(2)6-8-10/h5-8H,4H2,1-3H3. The molecule has 1 rings (SSSR count). The first kappa shape index (κ1) is 9.78. The summed E-state index contributed by atoms with van der Waals surface area (Å²) < 4.78 is 5.52. The molecule has 0 aliphatic heterocycles. The van der Waals surface area contributed by atoms with Crippen molar-refractivity contribution in [1.82, 2.24) is 0 Å². The minimum Gasteiger partial charge on any atom is -0.443 e. The Balaban J connectivity index is 2.69. The van der Waals surface area contributed by atoms with Crippen LogP contribution < -0.4 is 4.74 Å². The first-order valence-corrected chi connectivity index (χ1v) is 4.46. The molecule has 1 aromatic rings. The summed E-state index contributed by atoms with van der Waals surface area (Å²) >= 11 is 0. The number of hydrogen-bond donors (Lipinski definition) is 0. The zero-order valence-electron chi connectivity index (χ0n) is 8.37. The van der Waals surface area contributed by atoms with Crippen molar-refractivity contribution in [3.8, 4) is 5.75 Å². The Hall–Kier alpha value is -1.31. The third-order valence-electron chi connectivity index (χ3n) is 1.81. The first-order chi connectivity index (χ1) is 6.26. The van der Waals surface area contributed by atoms with Gasteiger partial charge in [0.05, 0.1) is 0 Å². The molecule has 0 fully saturated rings. The highest BCUT2D eigenvalue weighted by Gasteiger charge is 1.97. The summed E-state index contributed by atoms with van der Waals surface area (Å²) in [5, 5.41) is 0. The van der Waals surface area contributed by atoms with Gasteiger partial charge in [-0.15, -0.1) is 0 Å². The monoisotopic (exact) mass is 177 g/mol. The van der Waals surface area contributed by atoms with Gasteiger partial charge in [-0.3, -0.25) is 4.99 Å². The molecule has 0 spiro atoms. The number of hydrogen-bond acceptors (Lipinski definition) is 2. The van der Waals surface area contributed by atoms with E-state index in [2.05, 4.69) is 11.9 Å². The molecule has 0 heterocycles. The van der Waals surface area contributed by atoms with Gasteiger partial charge in [-0.2, -0.15) is 0 Å². The number of benzene rings is 1. The molecule has 0 atom stereocenters. The zero-order valence-corrected chi connectivity index (χ0v) is 8.37. The number of ether oxygens (including phenoxy) is 1. The van der Waals surface area contributed by atoms with E-state index in [1.165, 1.54) is 5.56 Å². The van der Waals surface area contributed by atoms with E-state index >= 15 is 0 Å². The van der Waals surface area contributed by atoms with Crippen molar-refractivity contribution in [2.24, 2.45) is 4.99 Å². The second kappa shape index (κ2) is 4.65. The van der Waals surface area contributed by atoms with Gasteiger partial charge in [-0.25, -0.2) is 0 Å². The molecule has 2 heteroatoms. The highest BCUT2D eigenvalue weighted by atomic mass is 16.5. The molecule has 13 heavy (non-hydrogen) atoms. The molecule has 0 saturated heterocycles. The van der Waals surface area contributed by atoms with Crippen molar-refractivity contribution in [2.75, 3.05) is 7.05 Å². The van der Waals surface area contributed by atoms with Crippen molar-refractivity contribution in [3.05, 3.63) is 29.8 Å². The molecule has 0 saturated carbocycles. The Morgan fingerprint density at radius 1 is 1.31 bits per heavy atom. The van der Waals surface area contributed by atoms with Crippen LogP contribution in [0, 0.1) is 6.92 Å². The highest BCUT2D eigenvalue weighted by Crippen LogP contribution is 2.12. The Morgan fingerprint density at radius 3 is 2.38 bits per heavy atom. The van der Waals surface area contributed by atoms with Crippen molar-refractivity contribution in [3.63, 3.8) is 0 Å². The smallest absolute Gasteiger partial charge is 0.189 e. The lowest BCUT2D eigenvalue weighted by Gasteiger charge is -2.05. The van der Waals surface area contributed by atoms with Gasteiger partial charge in [0.2, 0.25) is 0 Å². The predicted molar refractivity (Wildman–Crippen MR) is 55.5 cm³/mol. The van der Waals surface area contributed by atoms with Gasteiger partial charge < -0.3 is 4.74 Å². The quantitative estimate of drug-likeness (QED) is 0.503. The SMILES string of the molecule is CCC(=NC)Oc1ccc(C)cc1. The Morgan fingerprint density at radius 2 is 1.92 bits per heavy atom. The van der Waals surface area contributed by atoms with Crippen molar-refractivity contribution >= 4 is 5.90 Å². The fourth-order valence-corrected chi connectivity index (χ4v) is 1.02. The molecule has 70 valence electrons. The van der Waals surface area contributed by atoms with E-state index in [0.717, 1.165) is 18.1 Å². The van der Waals surface area contributed by atoms with E-state index in [1.54, 1.807) is 7.05 Å². The number of nitrogens with zero attached hydrogens (tertiary/aromatic N) is 1. The molecule has 0 N–H and O–H groups in total. The van der Waals surface area contributed by atoms with Gasteiger partial charge in [0.1, 0.15) is 5.75 Å². The van der Waals surface area contributed by atoms with Crippen LogP contribution in [0.3, 0.4) is 0 Å². The molecule has 0 aliphatic carbocycles. The van der Waals surface area contributed by atoms with Crippen LogP contribution in [0.5, 0.6) is 5.75 Å². The molecule has 0 radical (unpaired) electrons. The second-order valence-electron chi connectivity index (χ2n) is 2.89. The van der Waals surface area contributed by atoms with E-state index in [0.29, 0.717) is 0 Å². The third kappa shape index (κ3) is 2.90. The molecule has 0 amide bonds. The topological polar surface area (TPSA) is 21.6 Å². The average molecular weight is 177 g/mol. The maximum absolute atomic E-state index is 5.52. The van der Waals surface area contributed by atoms with E-state index in [9.17, 15) is 0 Å². The first-order valence-electron chi connectivity index (χ1n) is 4.46. The van der Waals surface area contributed by atoms with Gasteiger partial charge in [0, 0.05) is 13.5 Å². The van der Waals surface area contributed by atoms with E-state index in [1.807, 2.05) is 31.2 Å². The zero-order chi connectivity index (χ0) is 9.68. The predicted octanol–water partition coefficient (Wildman–Crippen LogP) is 2.81. The summed E-state index contributed by atoms with van der Waals surface area (Å²) in [6.45, 7) is 4.08. The lowest BCUT2D eigenvalue weighted by Crippen LogP contribution is -2.06.